The molecule has 136 valence electrons. The molecule has 26 heavy (non-hydrogen) atoms. The van der Waals surface area contributed by atoms with Crippen LogP contribution in [0.4, 0.5) is 5.69 Å². The quantitative estimate of drug-likeness (QED) is 0.685. The standard InChI is InChI=1S/C18H20ClN5OS/c1-9-6-10(2)16(14(19)7-9)21-15(25)8-13-11(3)20-17-22-18(26-5)23-24(17)12(13)4/h6-7H,8H2,1-5H3,(H,21,25). The first kappa shape index (κ1) is 18.7. The Bertz CT molecular complexity index is 991. The molecule has 0 atom stereocenters. The van der Waals surface area contributed by atoms with Crippen LogP contribution in [0, 0.1) is 27.7 Å². The Kier molecular flexibility index (Phi) is 5.20. The predicted molar refractivity (Wildman–Crippen MR) is 105 cm³/mol. The minimum atomic E-state index is -0.142. The Morgan fingerprint density at radius 3 is 2.62 bits per heavy atom. The number of amides is 1. The molecule has 3 aromatic rings. The van der Waals surface area contributed by atoms with Crippen molar-refractivity contribution in [1.29, 1.82) is 0 Å². The third kappa shape index (κ3) is 3.54. The van der Waals surface area contributed by atoms with Gasteiger partial charge in [-0.1, -0.05) is 29.4 Å². The number of carbonyl (C=O) groups excluding carboxylic acids is 1. The summed E-state index contributed by atoms with van der Waals surface area (Å²) in [6, 6.07) is 3.83. The second-order valence-corrected chi connectivity index (χ2v) is 7.42. The van der Waals surface area contributed by atoms with Gasteiger partial charge in [-0.05, 0) is 51.1 Å². The van der Waals surface area contributed by atoms with Crippen LogP contribution in [0.5, 0.6) is 0 Å². The second kappa shape index (κ2) is 7.25. The van der Waals surface area contributed by atoms with Crippen LogP contribution < -0.4 is 5.32 Å². The van der Waals surface area contributed by atoms with Gasteiger partial charge in [0.25, 0.3) is 5.78 Å². The minimum Gasteiger partial charge on any atom is -0.324 e. The van der Waals surface area contributed by atoms with Crippen molar-refractivity contribution in [3.05, 3.63) is 45.2 Å². The van der Waals surface area contributed by atoms with E-state index in [2.05, 4.69) is 20.4 Å². The van der Waals surface area contributed by atoms with Crippen molar-refractivity contribution in [1.82, 2.24) is 19.6 Å². The summed E-state index contributed by atoms with van der Waals surface area (Å²) in [5.74, 6) is 0.405. The van der Waals surface area contributed by atoms with Crippen LogP contribution in [0.25, 0.3) is 5.78 Å². The molecule has 3 rings (SSSR count). The first-order valence-electron chi connectivity index (χ1n) is 8.13. The number of nitrogens with zero attached hydrogens (tertiary/aromatic N) is 4. The number of rotatable bonds is 4. The molecule has 2 aromatic heterocycles. The molecule has 1 amide bonds. The van der Waals surface area contributed by atoms with Gasteiger partial charge in [0.1, 0.15) is 0 Å². The van der Waals surface area contributed by atoms with Gasteiger partial charge in [-0.15, -0.1) is 5.10 Å². The molecular formula is C18H20ClN5OS. The first-order chi connectivity index (χ1) is 12.3. The number of benzene rings is 1. The average molecular weight is 390 g/mol. The number of aromatic nitrogens is 4. The molecule has 0 aliphatic heterocycles. The molecule has 0 fully saturated rings. The molecule has 1 N–H and O–H groups in total. The van der Waals surface area contributed by atoms with Crippen LogP contribution in [0.2, 0.25) is 5.02 Å². The molecule has 0 saturated heterocycles. The molecule has 0 saturated carbocycles. The summed E-state index contributed by atoms with van der Waals surface area (Å²) in [5, 5.41) is 8.54. The summed E-state index contributed by atoms with van der Waals surface area (Å²) in [5.41, 5.74) is 5.12. The molecule has 6 nitrogen and oxygen atoms in total. The van der Waals surface area contributed by atoms with Gasteiger partial charge < -0.3 is 5.32 Å². The lowest BCUT2D eigenvalue weighted by Crippen LogP contribution is -2.18. The number of thioether (sulfide) groups is 1. The highest BCUT2D eigenvalue weighted by Gasteiger charge is 2.17. The summed E-state index contributed by atoms with van der Waals surface area (Å²) < 4.78 is 1.69. The Morgan fingerprint density at radius 2 is 1.96 bits per heavy atom. The van der Waals surface area contributed by atoms with E-state index in [4.69, 9.17) is 11.6 Å². The van der Waals surface area contributed by atoms with E-state index in [9.17, 15) is 4.79 Å². The molecule has 1 aromatic carbocycles. The van der Waals surface area contributed by atoms with Crippen LogP contribution in [0.15, 0.2) is 17.3 Å². The van der Waals surface area contributed by atoms with E-state index in [0.29, 0.717) is 21.6 Å². The smallest absolute Gasteiger partial charge is 0.253 e. The highest BCUT2D eigenvalue weighted by atomic mass is 35.5. The maximum Gasteiger partial charge on any atom is 0.253 e. The van der Waals surface area contributed by atoms with Crippen molar-refractivity contribution in [2.24, 2.45) is 0 Å². The number of aryl methyl sites for hydroxylation is 4. The van der Waals surface area contributed by atoms with Gasteiger partial charge in [-0.2, -0.15) is 4.98 Å². The van der Waals surface area contributed by atoms with Gasteiger partial charge in [-0.25, -0.2) is 9.50 Å². The number of halogens is 1. The zero-order valence-electron chi connectivity index (χ0n) is 15.3. The topological polar surface area (TPSA) is 72.2 Å². The van der Waals surface area contributed by atoms with Crippen molar-refractivity contribution in [2.75, 3.05) is 11.6 Å². The molecule has 0 radical (unpaired) electrons. The zero-order valence-corrected chi connectivity index (χ0v) is 16.9. The van der Waals surface area contributed by atoms with E-state index in [1.165, 1.54) is 11.8 Å². The van der Waals surface area contributed by atoms with E-state index < -0.39 is 0 Å². The van der Waals surface area contributed by atoms with Crippen LogP contribution >= 0.6 is 23.4 Å². The molecule has 2 heterocycles. The summed E-state index contributed by atoms with van der Waals surface area (Å²) in [7, 11) is 0. The summed E-state index contributed by atoms with van der Waals surface area (Å²) in [6.07, 6.45) is 2.11. The first-order valence-corrected chi connectivity index (χ1v) is 9.74. The highest BCUT2D eigenvalue weighted by molar-refractivity contribution is 7.98. The maximum atomic E-state index is 12.6. The third-order valence-electron chi connectivity index (χ3n) is 4.25. The number of nitrogens with one attached hydrogen (secondary N) is 1. The van der Waals surface area contributed by atoms with E-state index in [0.717, 1.165) is 28.1 Å². The molecule has 0 unspecified atom stereocenters. The Labute approximate surface area is 161 Å². The number of hydrogen-bond acceptors (Lipinski definition) is 5. The SMILES string of the molecule is CSc1nc2nc(C)c(CC(=O)Nc3c(C)cc(C)cc3Cl)c(C)n2n1. The van der Waals surface area contributed by atoms with Gasteiger partial charge in [0.05, 0.1) is 17.1 Å². The van der Waals surface area contributed by atoms with Crippen molar-refractivity contribution < 1.29 is 4.79 Å². The van der Waals surface area contributed by atoms with E-state index in [1.807, 2.05) is 46.1 Å². The molecule has 0 aliphatic rings. The lowest BCUT2D eigenvalue weighted by Gasteiger charge is -2.13. The summed E-state index contributed by atoms with van der Waals surface area (Å²) >= 11 is 7.75. The lowest BCUT2D eigenvalue weighted by atomic mass is 10.1. The van der Waals surface area contributed by atoms with Crippen LogP contribution in [-0.2, 0) is 11.2 Å². The van der Waals surface area contributed by atoms with Crippen LogP contribution in [-0.4, -0.2) is 31.7 Å². The fourth-order valence-corrected chi connectivity index (χ4v) is 3.66. The molecule has 8 heteroatoms. The van der Waals surface area contributed by atoms with Gasteiger partial charge in [0.15, 0.2) is 0 Å². The predicted octanol–water partition coefficient (Wildman–Crippen LogP) is 3.91. The third-order valence-corrected chi connectivity index (χ3v) is 5.08. The zero-order chi connectivity index (χ0) is 19.0. The van der Waals surface area contributed by atoms with Crippen LogP contribution in [0.1, 0.15) is 28.1 Å². The molecule has 0 spiro atoms. The minimum absolute atomic E-state index is 0.142. The monoisotopic (exact) mass is 389 g/mol. The average Bonchev–Trinajstić information content (AvgIpc) is 2.98. The van der Waals surface area contributed by atoms with Gasteiger partial charge in [-0.3, -0.25) is 4.79 Å². The number of carbonyl (C=O) groups is 1. The Balaban J connectivity index is 1.90. The van der Waals surface area contributed by atoms with Crippen molar-refractivity contribution in [2.45, 2.75) is 39.3 Å². The number of fused-ring (bicyclic) bond motifs is 1. The van der Waals surface area contributed by atoms with E-state index in [-0.39, 0.29) is 12.3 Å². The Morgan fingerprint density at radius 1 is 1.23 bits per heavy atom. The normalized spacial score (nSPS) is 11.2. The molecule has 0 bridgehead atoms. The molecule has 0 aliphatic carbocycles. The fourth-order valence-electron chi connectivity index (χ4n) is 2.95. The highest BCUT2D eigenvalue weighted by Crippen LogP contribution is 2.27. The number of anilines is 1. The number of hydrogen-bond donors (Lipinski definition) is 1. The largest absolute Gasteiger partial charge is 0.324 e. The van der Waals surface area contributed by atoms with E-state index >= 15 is 0 Å². The maximum absolute atomic E-state index is 12.6. The van der Waals surface area contributed by atoms with Crippen molar-refractivity contribution in [3.63, 3.8) is 0 Å². The summed E-state index contributed by atoms with van der Waals surface area (Å²) in [4.78, 5) is 21.5. The van der Waals surface area contributed by atoms with Crippen molar-refractivity contribution in [3.8, 4) is 0 Å². The van der Waals surface area contributed by atoms with E-state index in [1.54, 1.807) is 4.52 Å². The van der Waals surface area contributed by atoms with Crippen LogP contribution in [0.3, 0.4) is 0 Å². The summed E-state index contributed by atoms with van der Waals surface area (Å²) in [6.45, 7) is 7.71. The van der Waals surface area contributed by atoms with Gasteiger partial charge >= 0.3 is 0 Å². The lowest BCUT2D eigenvalue weighted by molar-refractivity contribution is -0.115. The van der Waals surface area contributed by atoms with Gasteiger partial charge in [0, 0.05) is 17.0 Å². The van der Waals surface area contributed by atoms with Crippen molar-refractivity contribution >= 4 is 40.7 Å². The fraction of sp³-hybridized carbons (Fsp3) is 0.333. The second-order valence-electron chi connectivity index (χ2n) is 6.24. The molecular weight excluding hydrogens is 370 g/mol. The van der Waals surface area contributed by atoms with Gasteiger partial charge in [0.2, 0.25) is 11.1 Å². The Hall–Kier alpha value is -2.12.